The molecule has 2 N–H and O–H groups in total. The largest absolute Gasteiger partial charge is 0.492 e. The van der Waals surface area contributed by atoms with Gasteiger partial charge in [0.25, 0.3) is 0 Å². The van der Waals surface area contributed by atoms with Crippen molar-refractivity contribution < 1.29 is 17.9 Å². The highest BCUT2D eigenvalue weighted by atomic mass is 35.5. The fraction of sp³-hybridized carbons (Fsp3) is 0.333. The monoisotopic (exact) mass is 515 g/mol. The number of sulfonamides is 1. The Hall–Kier alpha value is -1.91. The maximum atomic E-state index is 12.6. The second-order valence-corrected chi connectivity index (χ2v) is 10.4. The summed E-state index contributed by atoms with van der Waals surface area (Å²) in [5.74, 6) is 0.241. The number of rotatable bonds is 8. The fourth-order valence-electron chi connectivity index (χ4n) is 3.15. The van der Waals surface area contributed by atoms with E-state index in [2.05, 4.69) is 10.6 Å². The Balaban J connectivity index is 1.41. The van der Waals surface area contributed by atoms with Gasteiger partial charge in [-0.1, -0.05) is 23.2 Å². The van der Waals surface area contributed by atoms with Crippen LogP contribution >= 0.6 is 35.4 Å². The molecule has 0 radical (unpaired) electrons. The first-order valence-electron chi connectivity index (χ1n) is 10.0. The summed E-state index contributed by atoms with van der Waals surface area (Å²) in [5, 5.41) is 6.53. The number of hydrogen-bond acceptors (Lipinski definition) is 5. The van der Waals surface area contributed by atoms with Crippen LogP contribution in [-0.2, 0) is 14.8 Å². The Bertz CT molecular complexity index is 1070. The van der Waals surface area contributed by atoms with Crippen LogP contribution in [-0.4, -0.2) is 43.4 Å². The van der Waals surface area contributed by atoms with Crippen molar-refractivity contribution in [2.75, 3.05) is 25.0 Å². The second-order valence-electron chi connectivity index (χ2n) is 7.16. The minimum Gasteiger partial charge on any atom is -0.492 e. The molecule has 1 amide bonds. The van der Waals surface area contributed by atoms with E-state index in [0.29, 0.717) is 47.6 Å². The van der Waals surface area contributed by atoms with Crippen LogP contribution in [0.2, 0.25) is 10.0 Å². The van der Waals surface area contributed by atoms with Crippen LogP contribution in [0.25, 0.3) is 0 Å². The van der Waals surface area contributed by atoms with Gasteiger partial charge >= 0.3 is 0 Å². The van der Waals surface area contributed by atoms with Crippen molar-refractivity contribution >= 4 is 62.2 Å². The van der Waals surface area contributed by atoms with Crippen LogP contribution in [0.1, 0.15) is 25.7 Å². The SMILES string of the molecule is O=C(CCCOc1ccc(Cl)cc1Cl)NC(=S)Nc1ccc(S(=O)(=O)N2CCCC2)cc1. The van der Waals surface area contributed by atoms with Crippen molar-refractivity contribution in [1.29, 1.82) is 0 Å². The lowest BCUT2D eigenvalue weighted by Crippen LogP contribution is -2.34. The van der Waals surface area contributed by atoms with Gasteiger partial charge in [0, 0.05) is 30.2 Å². The average molecular weight is 516 g/mol. The van der Waals surface area contributed by atoms with E-state index in [9.17, 15) is 13.2 Å². The van der Waals surface area contributed by atoms with Crippen molar-refractivity contribution in [3.63, 3.8) is 0 Å². The average Bonchev–Trinajstić information content (AvgIpc) is 3.28. The van der Waals surface area contributed by atoms with E-state index in [4.69, 9.17) is 40.2 Å². The number of carbonyl (C=O) groups is 1. The number of hydrogen-bond donors (Lipinski definition) is 2. The predicted molar refractivity (Wildman–Crippen MR) is 130 cm³/mol. The lowest BCUT2D eigenvalue weighted by Gasteiger charge is -2.16. The number of nitrogens with zero attached hydrogens (tertiary/aromatic N) is 1. The molecule has 0 spiro atoms. The third-order valence-corrected chi connectivity index (χ3v) is 7.42. The molecule has 1 saturated heterocycles. The molecular formula is C21H23Cl2N3O4S2. The molecule has 1 aliphatic heterocycles. The van der Waals surface area contributed by atoms with Gasteiger partial charge in [0.1, 0.15) is 5.75 Å². The van der Waals surface area contributed by atoms with Gasteiger partial charge in [-0.3, -0.25) is 4.79 Å². The van der Waals surface area contributed by atoms with Gasteiger partial charge in [0.15, 0.2) is 5.11 Å². The fourth-order valence-corrected chi connectivity index (χ4v) is 5.36. The number of benzene rings is 2. The molecule has 7 nitrogen and oxygen atoms in total. The summed E-state index contributed by atoms with van der Waals surface area (Å²) >= 11 is 17.0. The summed E-state index contributed by atoms with van der Waals surface area (Å²) < 4.78 is 32.2. The molecule has 0 aromatic heterocycles. The number of nitrogens with one attached hydrogen (secondary N) is 2. The van der Waals surface area contributed by atoms with Crippen LogP contribution in [0, 0.1) is 0 Å². The van der Waals surface area contributed by atoms with E-state index in [-0.39, 0.29) is 22.3 Å². The third kappa shape index (κ3) is 6.79. The third-order valence-electron chi connectivity index (χ3n) is 4.77. The van der Waals surface area contributed by atoms with Crippen LogP contribution < -0.4 is 15.4 Å². The minimum atomic E-state index is -3.46. The smallest absolute Gasteiger partial charge is 0.243 e. The molecule has 0 saturated carbocycles. The zero-order valence-electron chi connectivity index (χ0n) is 17.1. The van der Waals surface area contributed by atoms with Gasteiger partial charge in [-0.05, 0) is 73.9 Å². The molecule has 1 heterocycles. The molecule has 3 rings (SSSR count). The zero-order valence-corrected chi connectivity index (χ0v) is 20.3. The lowest BCUT2D eigenvalue weighted by molar-refractivity contribution is -0.119. The van der Waals surface area contributed by atoms with Crippen LogP contribution in [0.5, 0.6) is 5.75 Å². The molecule has 0 aliphatic carbocycles. The molecule has 1 fully saturated rings. The summed E-state index contributed by atoms with van der Waals surface area (Å²) in [4.78, 5) is 12.3. The quantitative estimate of drug-likeness (QED) is 0.398. The minimum absolute atomic E-state index is 0.131. The standard InChI is InChI=1S/C21H23Cl2N3O4S2/c22-15-5-10-19(18(23)14-15)30-13-3-4-20(27)25-21(31)24-16-6-8-17(9-7-16)32(28,29)26-11-1-2-12-26/h5-10,14H,1-4,11-13H2,(H2,24,25,27,31). The molecule has 0 atom stereocenters. The highest BCUT2D eigenvalue weighted by Crippen LogP contribution is 2.27. The van der Waals surface area contributed by atoms with Crippen molar-refractivity contribution in [3.05, 3.63) is 52.5 Å². The van der Waals surface area contributed by atoms with Gasteiger partial charge in [-0.2, -0.15) is 4.31 Å². The lowest BCUT2D eigenvalue weighted by atomic mass is 10.3. The Morgan fingerprint density at radius 3 is 2.44 bits per heavy atom. The van der Waals surface area contributed by atoms with Gasteiger partial charge < -0.3 is 15.4 Å². The second kappa shape index (κ2) is 11.3. The van der Waals surface area contributed by atoms with Gasteiger partial charge in [-0.25, -0.2) is 8.42 Å². The highest BCUT2D eigenvalue weighted by Gasteiger charge is 2.26. The molecule has 11 heteroatoms. The number of anilines is 1. The molecule has 1 aliphatic rings. The Labute approximate surface area is 203 Å². The Morgan fingerprint density at radius 2 is 1.78 bits per heavy atom. The first-order chi connectivity index (χ1) is 15.3. The molecule has 32 heavy (non-hydrogen) atoms. The Kier molecular flexibility index (Phi) is 8.72. The summed E-state index contributed by atoms with van der Waals surface area (Å²) in [6, 6.07) is 11.2. The van der Waals surface area contributed by atoms with Gasteiger partial charge in [0.05, 0.1) is 16.5 Å². The van der Waals surface area contributed by atoms with Gasteiger partial charge in [0.2, 0.25) is 15.9 Å². The van der Waals surface area contributed by atoms with Crippen molar-refractivity contribution in [3.8, 4) is 5.75 Å². The van der Waals surface area contributed by atoms with Crippen LogP contribution in [0.4, 0.5) is 5.69 Å². The summed E-state index contributed by atoms with van der Waals surface area (Å²) in [6.07, 6.45) is 2.44. The maximum Gasteiger partial charge on any atom is 0.243 e. The van der Waals surface area contributed by atoms with E-state index in [1.807, 2.05) is 0 Å². The summed E-state index contributed by atoms with van der Waals surface area (Å²) in [5.41, 5.74) is 0.580. The summed E-state index contributed by atoms with van der Waals surface area (Å²) in [7, 11) is -3.46. The highest BCUT2D eigenvalue weighted by molar-refractivity contribution is 7.89. The predicted octanol–water partition coefficient (Wildman–Crippen LogP) is 4.45. The van der Waals surface area contributed by atoms with Crippen molar-refractivity contribution in [2.45, 2.75) is 30.6 Å². The molecule has 2 aromatic carbocycles. The molecular weight excluding hydrogens is 493 g/mol. The molecule has 0 unspecified atom stereocenters. The van der Waals surface area contributed by atoms with Crippen molar-refractivity contribution in [2.24, 2.45) is 0 Å². The first kappa shape index (κ1) is 24.7. The number of halogens is 2. The Morgan fingerprint density at radius 1 is 1.09 bits per heavy atom. The zero-order chi connectivity index (χ0) is 23.1. The van der Waals surface area contributed by atoms with E-state index >= 15 is 0 Å². The first-order valence-corrected chi connectivity index (χ1v) is 12.6. The van der Waals surface area contributed by atoms with E-state index in [1.54, 1.807) is 30.3 Å². The van der Waals surface area contributed by atoms with Crippen molar-refractivity contribution in [1.82, 2.24) is 9.62 Å². The summed E-state index contributed by atoms with van der Waals surface area (Å²) in [6.45, 7) is 1.41. The topological polar surface area (TPSA) is 87.7 Å². The molecule has 0 bridgehead atoms. The van der Waals surface area contributed by atoms with E-state index in [0.717, 1.165) is 12.8 Å². The number of thiocarbonyl (C=S) groups is 1. The van der Waals surface area contributed by atoms with Crippen LogP contribution in [0.3, 0.4) is 0 Å². The maximum absolute atomic E-state index is 12.6. The number of carbonyl (C=O) groups excluding carboxylic acids is 1. The van der Waals surface area contributed by atoms with Crippen LogP contribution in [0.15, 0.2) is 47.4 Å². The van der Waals surface area contributed by atoms with E-state index in [1.165, 1.54) is 16.4 Å². The van der Waals surface area contributed by atoms with E-state index < -0.39 is 10.0 Å². The number of amides is 1. The molecule has 2 aromatic rings. The number of ether oxygens (including phenoxy) is 1. The normalized spacial score (nSPS) is 14.2. The molecule has 172 valence electrons. The van der Waals surface area contributed by atoms with Gasteiger partial charge in [-0.15, -0.1) is 0 Å².